The molecule has 2 heterocycles. The topological polar surface area (TPSA) is 16.4 Å². The van der Waals surface area contributed by atoms with Crippen LogP contribution in [0.2, 0.25) is 0 Å². The van der Waals surface area contributed by atoms with Crippen molar-refractivity contribution in [3.05, 3.63) is 176 Å². The van der Waals surface area contributed by atoms with Crippen molar-refractivity contribution in [3.8, 4) is 22.3 Å². The zero-order chi connectivity index (χ0) is 32.3. The van der Waals surface area contributed by atoms with Crippen LogP contribution >= 0.6 is 11.3 Å². The molecule has 0 aliphatic heterocycles. The van der Waals surface area contributed by atoms with Gasteiger partial charge in [0.2, 0.25) is 0 Å². The molecule has 230 valence electrons. The molecule has 0 fully saturated rings. The number of benzene rings is 8. The molecule has 0 unspecified atom stereocenters. The second kappa shape index (κ2) is 11.2. The second-order valence-electron chi connectivity index (χ2n) is 12.5. The molecule has 0 bridgehead atoms. The van der Waals surface area contributed by atoms with Crippen molar-refractivity contribution in [2.24, 2.45) is 0 Å². The molecule has 0 atom stereocenters. The summed E-state index contributed by atoms with van der Waals surface area (Å²) in [5.41, 5.74) is 9.89. The van der Waals surface area contributed by atoms with Crippen molar-refractivity contribution in [2.75, 3.05) is 4.90 Å². The highest BCUT2D eigenvalue weighted by Crippen LogP contribution is 2.50. The van der Waals surface area contributed by atoms with Gasteiger partial charge in [-0.15, -0.1) is 11.3 Å². The zero-order valence-corrected chi connectivity index (χ0v) is 27.3. The summed E-state index contributed by atoms with van der Waals surface area (Å²) in [5, 5.41) is 7.18. The first kappa shape index (κ1) is 27.9. The lowest BCUT2D eigenvalue weighted by atomic mass is 9.98. The van der Waals surface area contributed by atoms with Crippen molar-refractivity contribution >= 4 is 81.3 Å². The molecule has 2 aromatic heterocycles. The Morgan fingerprint density at radius 1 is 0.449 bits per heavy atom. The average molecular weight is 644 g/mol. The molecule has 10 aromatic rings. The Bertz CT molecular complexity index is 2830. The molecule has 0 saturated carbocycles. The van der Waals surface area contributed by atoms with Crippen LogP contribution in [0.15, 0.2) is 180 Å². The summed E-state index contributed by atoms with van der Waals surface area (Å²) in [6, 6.07) is 63.1. The van der Waals surface area contributed by atoms with Crippen molar-refractivity contribution in [3.63, 3.8) is 0 Å². The fourth-order valence-electron chi connectivity index (χ4n) is 7.35. The molecule has 0 N–H and O–H groups in total. The fraction of sp³-hybridized carbons (Fsp3) is 0. The Morgan fingerprint density at radius 3 is 2.00 bits per heavy atom. The number of nitrogens with zero attached hydrogens (tertiary/aromatic N) is 1. The molecule has 0 aliphatic rings. The lowest BCUT2D eigenvalue weighted by Gasteiger charge is -2.27. The maximum atomic E-state index is 6.69. The van der Waals surface area contributed by atoms with Gasteiger partial charge in [0.15, 0.2) is 5.58 Å². The van der Waals surface area contributed by atoms with Crippen molar-refractivity contribution < 1.29 is 4.42 Å². The summed E-state index contributed by atoms with van der Waals surface area (Å²) in [6.07, 6.45) is 0. The molecule has 0 aliphatic carbocycles. The highest BCUT2D eigenvalue weighted by molar-refractivity contribution is 7.26. The first-order valence-corrected chi connectivity index (χ1v) is 17.4. The lowest BCUT2D eigenvalue weighted by Crippen LogP contribution is -2.10. The Balaban J connectivity index is 1.26. The highest BCUT2D eigenvalue weighted by atomic mass is 32.1. The minimum absolute atomic E-state index is 0.879. The molecular weight excluding hydrogens is 615 g/mol. The summed E-state index contributed by atoms with van der Waals surface area (Å²) in [5.74, 6) is 0. The van der Waals surface area contributed by atoms with Gasteiger partial charge in [0, 0.05) is 31.9 Å². The van der Waals surface area contributed by atoms with Gasteiger partial charge in [-0.25, -0.2) is 0 Å². The third kappa shape index (κ3) is 4.55. The third-order valence-electron chi connectivity index (χ3n) is 9.64. The van der Waals surface area contributed by atoms with E-state index in [9.17, 15) is 0 Å². The molecule has 0 amide bonds. The van der Waals surface area contributed by atoms with E-state index in [-0.39, 0.29) is 0 Å². The van der Waals surface area contributed by atoms with Crippen LogP contribution in [0.3, 0.4) is 0 Å². The van der Waals surface area contributed by atoms with Crippen molar-refractivity contribution in [1.29, 1.82) is 0 Å². The van der Waals surface area contributed by atoms with Crippen LogP contribution in [0.1, 0.15) is 0 Å². The summed E-state index contributed by atoms with van der Waals surface area (Å²) in [6.45, 7) is 0. The predicted octanol–water partition coefficient (Wildman–Crippen LogP) is 13.9. The molecule has 8 aromatic carbocycles. The van der Waals surface area contributed by atoms with Crippen LogP contribution in [0.4, 0.5) is 17.1 Å². The normalized spacial score (nSPS) is 11.7. The minimum atomic E-state index is 0.879. The number of anilines is 3. The van der Waals surface area contributed by atoms with Crippen molar-refractivity contribution in [1.82, 2.24) is 0 Å². The van der Waals surface area contributed by atoms with E-state index < -0.39 is 0 Å². The average Bonchev–Trinajstić information content (AvgIpc) is 3.75. The van der Waals surface area contributed by atoms with Crippen LogP contribution in [0, 0.1) is 0 Å². The van der Waals surface area contributed by atoms with Gasteiger partial charge in [0.1, 0.15) is 5.58 Å². The smallest absolute Gasteiger partial charge is 0.159 e. The monoisotopic (exact) mass is 643 g/mol. The van der Waals surface area contributed by atoms with Crippen LogP contribution in [-0.2, 0) is 0 Å². The van der Waals surface area contributed by atoms with E-state index >= 15 is 0 Å². The number of hydrogen-bond donors (Lipinski definition) is 0. The first-order valence-electron chi connectivity index (χ1n) is 16.6. The summed E-state index contributed by atoms with van der Waals surface area (Å²) in [7, 11) is 0. The number of para-hydroxylation sites is 2. The third-order valence-corrected chi connectivity index (χ3v) is 10.8. The molecule has 0 saturated heterocycles. The predicted molar refractivity (Wildman–Crippen MR) is 210 cm³/mol. The van der Waals surface area contributed by atoms with Crippen LogP contribution in [0.25, 0.3) is 75.1 Å². The molecular formula is C46H29NOS. The molecule has 10 rings (SSSR count). The van der Waals surface area contributed by atoms with E-state index in [4.69, 9.17) is 4.42 Å². The Kier molecular flexibility index (Phi) is 6.39. The van der Waals surface area contributed by atoms with Gasteiger partial charge in [0.25, 0.3) is 0 Å². The number of fused-ring (bicyclic) bond motifs is 7. The van der Waals surface area contributed by atoms with Gasteiger partial charge in [-0.05, 0) is 75.5 Å². The molecule has 3 heteroatoms. The number of thiophene rings is 1. The maximum absolute atomic E-state index is 6.69. The quantitative estimate of drug-likeness (QED) is 0.186. The lowest BCUT2D eigenvalue weighted by molar-refractivity contribution is 0.669. The van der Waals surface area contributed by atoms with Gasteiger partial charge in [0.05, 0.1) is 16.1 Å². The Morgan fingerprint density at radius 2 is 1.14 bits per heavy atom. The van der Waals surface area contributed by atoms with E-state index in [2.05, 4.69) is 175 Å². The maximum Gasteiger partial charge on any atom is 0.159 e. The molecule has 2 nitrogen and oxygen atoms in total. The fourth-order valence-corrected chi connectivity index (χ4v) is 8.58. The highest BCUT2D eigenvalue weighted by Gasteiger charge is 2.24. The van der Waals surface area contributed by atoms with Gasteiger partial charge in [-0.2, -0.15) is 0 Å². The largest absolute Gasteiger partial charge is 0.454 e. The van der Waals surface area contributed by atoms with Crippen LogP contribution in [-0.4, -0.2) is 0 Å². The Labute approximate surface area is 287 Å². The minimum Gasteiger partial charge on any atom is -0.454 e. The van der Waals surface area contributed by atoms with E-state index in [0.29, 0.717) is 0 Å². The summed E-state index contributed by atoms with van der Waals surface area (Å²) >= 11 is 1.86. The number of furan rings is 1. The van der Waals surface area contributed by atoms with Crippen molar-refractivity contribution in [2.45, 2.75) is 0 Å². The van der Waals surface area contributed by atoms with E-state index in [1.807, 2.05) is 17.4 Å². The summed E-state index contributed by atoms with van der Waals surface area (Å²) < 4.78 is 9.21. The zero-order valence-electron chi connectivity index (χ0n) is 26.5. The van der Waals surface area contributed by atoms with Gasteiger partial charge in [-0.3, -0.25) is 0 Å². The number of hydrogen-bond acceptors (Lipinski definition) is 3. The second-order valence-corrected chi connectivity index (χ2v) is 13.6. The SMILES string of the molecule is c1ccc(-c2ccc3cc(N(c4cccc5c4oc4ccccc45)c4ccc(-c5ccccc5)c5c4sc4ccccc45)ccc3c2)cc1. The standard InChI is InChI=1S/C46H29NOS/c1-3-12-30(13-4-1)32-22-23-34-29-35(25-24-33(34)28-32)47(40-19-11-18-38-37-16-7-9-20-42(37)48-45(38)40)41-27-26-36(31-14-5-2-6-15-31)44-39-17-8-10-21-43(39)49-46(41)44/h1-29H. The Hall–Kier alpha value is -6.16. The number of rotatable bonds is 5. The molecule has 0 radical (unpaired) electrons. The van der Waals surface area contributed by atoms with Crippen LogP contribution < -0.4 is 4.90 Å². The summed E-state index contributed by atoms with van der Waals surface area (Å²) in [4.78, 5) is 2.40. The van der Waals surface area contributed by atoms with E-state index in [1.54, 1.807) is 0 Å². The molecule has 0 spiro atoms. The van der Waals surface area contributed by atoms with Gasteiger partial charge in [-0.1, -0.05) is 133 Å². The van der Waals surface area contributed by atoms with E-state index in [1.165, 1.54) is 53.2 Å². The van der Waals surface area contributed by atoms with Gasteiger partial charge < -0.3 is 9.32 Å². The van der Waals surface area contributed by atoms with Crippen LogP contribution in [0.5, 0.6) is 0 Å². The first-order chi connectivity index (χ1) is 24.3. The van der Waals surface area contributed by atoms with Gasteiger partial charge >= 0.3 is 0 Å². The van der Waals surface area contributed by atoms with E-state index in [0.717, 1.165) is 39.0 Å². The molecule has 49 heavy (non-hydrogen) atoms.